The third-order valence-electron chi connectivity index (χ3n) is 4.12. The lowest BCUT2D eigenvalue weighted by atomic mass is 9.79. The van der Waals surface area contributed by atoms with Gasteiger partial charge in [0.25, 0.3) is 9.04 Å². The Bertz CT molecular complexity index is 620. The van der Waals surface area contributed by atoms with E-state index in [-0.39, 0.29) is 12.0 Å². The highest BCUT2D eigenvalue weighted by molar-refractivity contribution is 6.49. The van der Waals surface area contributed by atoms with Crippen LogP contribution in [-0.4, -0.2) is 20.8 Å². The molecular formula is C19H27O2Si. The maximum Gasteiger partial charge on any atom is 0.274 e. The summed E-state index contributed by atoms with van der Waals surface area (Å²) in [6, 6.07) is 12.9. The van der Waals surface area contributed by atoms with Crippen molar-refractivity contribution in [3.05, 3.63) is 42.0 Å². The zero-order valence-corrected chi connectivity index (χ0v) is 15.1. The topological polar surface area (TPSA) is 29.5 Å². The van der Waals surface area contributed by atoms with Crippen LogP contribution >= 0.6 is 0 Å². The van der Waals surface area contributed by atoms with E-state index in [1.807, 2.05) is 0 Å². The van der Waals surface area contributed by atoms with Crippen molar-refractivity contribution in [2.45, 2.75) is 51.6 Å². The van der Waals surface area contributed by atoms with Crippen molar-refractivity contribution in [2.75, 3.05) is 6.61 Å². The monoisotopic (exact) mass is 315 g/mol. The zero-order chi connectivity index (χ0) is 16.2. The predicted octanol–water partition coefficient (Wildman–Crippen LogP) is 4.91. The van der Waals surface area contributed by atoms with E-state index in [4.69, 9.17) is 9.53 Å². The van der Waals surface area contributed by atoms with Crippen molar-refractivity contribution in [1.29, 1.82) is 0 Å². The molecule has 0 aliphatic carbocycles. The summed E-state index contributed by atoms with van der Waals surface area (Å²) in [6.07, 6.45) is 2.95. The first-order valence-electron chi connectivity index (χ1n) is 8.07. The van der Waals surface area contributed by atoms with Gasteiger partial charge in [0, 0.05) is 12.0 Å². The van der Waals surface area contributed by atoms with E-state index in [9.17, 15) is 0 Å². The Morgan fingerprint density at radius 3 is 2.45 bits per heavy atom. The van der Waals surface area contributed by atoms with E-state index in [2.05, 4.69) is 63.3 Å². The number of fused-ring (bicyclic) bond motifs is 1. The molecule has 22 heavy (non-hydrogen) atoms. The first-order chi connectivity index (χ1) is 10.5. The number of unbranched alkanes of at least 4 members (excludes halogenated alkanes) is 1. The zero-order valence-electron chi connectivity index (χ0n) is 14.1. The molecule has 0 aliphatic heterocycles. The Morgan fingerprint density at radius 1 is 1.05 bits per heavy atom. The quantitative estimate of drug-likeness (QED) is 0.581. The van der Waals surface area contributed by atoms with Crippen LogP contribution in [0.15, 0.2) is 36.4 Å². The van der Waals surface area contributed by atoms with Gasteiger partial charge in [-0.1, -0.05) is 56.7 Å². The van der Waals surface area contributed by atoms with E-state index in [1.165, 1.54) is 16.3 Å². The van der Waals surface area contributed by atoms with E-state index in [1.54, 1.807) is 0 Å². The Balaban J connectivity index is 2.47. The number of hydrogen-bond acceptors (Lipinski definition) is 2. The second kappa shape index (κ2) is 7.29. The van der Waals surface area contributed by atoms with Crippen molar-refractivity contribution in [1.82, 2.24) is 0 Å². The fourth-order valence-corrected chi connectivity index (χ4v) is 3.53. The van der Waals surface area contributed by atoms with Gasteiger partial charge in [-0.2, -0.15) is 0 Å². The molecule has 0 aliphatic rings. The minimum atomic E-state index is -0.824. The molecule has 0 amide bonds. The second-order valence-electron chi connectivity index (χ2n) is 6.74. The fraction of sp³-hybridized carbons (Fsp3) is 0.474. The predicted molar refractivity (Wildman–Crippen MR) is 96.0 cm³/mol. The Labute approximate surface area is 135 Å². The smallest absolute Gasteiger partial charge is 0.274 e. The van der Waals surface area contributed by atoms with Crippen molar-refractivity contribution < 1.29 is 9.53 Å². The molecule has 2 rings (SSSR count). The molecular weight excluding hydrogens is 288 g/mol. The number of aliphatic hydroxyl groups is 1. The van der Waals surface area contributed by atoms with E-state index in [0.717, 1.165) is 25.0 Å². The van der Waals surface area contributed by atoms with Crippen molar-refractivity contribution in [3.8, 4) is 5.75 Å². The average Bonchev–Trinajstić information content (AvgIpc) is 2.47. The summed E-state index contributed by atoms with van der Waals surface area (Å²) in [5.74, 6) is 1.06. The third kappa shape index (κ3) is 3.90. The van der Waals surface area contributed by atoms with Crippen LogP contribution in [0.4, 0.5) is 0 Å². The molecule has 0 saturated carbocycles. The molecule has 119 valence electrons. The normalized spacial score (nSPS) is 12.1. The highest BCUT2D eigenvalue weighted by Crippen LogP contribution is 2.40. The summed E-state index contributed by atoms with van der Waals surface area (Å²) in [7, 11) is -0.824. The first-order valence-corrected chi connectivity index (χ1v) is 10.5. The van der Waals surface area contributed by atoms with Crippen LogP contribution < -0.4 is 4.43 Å². The minimum Gasteiger partial charge on any atom is -0.542 e. The second-order valence-corrected chi connectivity index (χ2v) is 8.76. The van der Waals surface area contributed by atoms with Gasteiger partial charge in [-0.25, -0.2) is 0 Å². The lowest BCUT2D eigenvalue weighted by molar-refractivity contribution is 0.276. The minimum absolute atomic E-state index is 0.0475. The molecule has 0 aromatic heterocycles. The van der Waals surface area contributed by atoms with Crippen molar-refractivity contribution >= 4 is 19.8 Å². The number of rotatable bonds is 7. The molecule has 0 bridgehead atoms. The number of aliphatic hydroxyl groups excluding tert-OH is 1. The largest absolute Gasteiger partial charge is 0.542 e. The molecule has 2 nitrogen and oxygen atoms in total. The summed E-state index contributed by atoms with van der Waals surface area (Å²) >= 11 is 0. The molecule has 2 aromatic rings. The van der Waals surface area contributed by atoms with Gasteiger partial charge in [-0.15, -0.1) is 0 Å². The van der Waals surface area contributed by atoms with E-state index >= 15 is 0 Å². The summed E-state index contributed by atoms with van der Waals surface area (Å²) in [6.45, 7) is 9.18. The molecule has 2 aromatic carbocycles. The van der Waals surface area contributed by atoms with Crippen molar-refractivity contribution in [2.24, 2.45) is 0 Å². The first kappa shape index (κ1) is 17.0. The highest BCUT2D eigenvalue weighted by atomic mass is 28.3. The van der Waals surface area contributed by atoms with Crippen LogP contribution in [0.5, 0.6) is 5.75 Å². The SMILES string of the molecule is C[Si](C)Oc1c(C(C)(C)CCCCO)ccc2ccccc12. The van der Waals surface area contributed by atoms with Gasteiger partial charge in [0.15, 0.2) is 0 Å². The average molecular weight is 316 g/mol. The molecule has 0 saturated heterocycles. The van der Waals surface area contributed by atoms with Crippen LogP contribution in [0, 0.1) is 0 Å². The maximum absolute atomic E-state index is 9.03. The van der Waals surface area contributed by atoms with Crippen molar-refractivity contribution in [3.63, 3.8) is 0 Å². The van der Waals surface area contributed by atoms with E-state index < -0.39 is 9.04 Å². The molecule has 0 spiro atoms. The summed E-state index contributed by atoms with van der Waals surface area (Å²) in [5, 5.41) is 11.5. The molecule has 0 fully saturated rings. The molecule has 1 radical (unpaired) electrons. The lowest BCUT2D eigenvalue weighted by Gasteiger charge is -2.29. The Kier molecular flexibility index (Phi) is 5.65. The summed E-state index contributed by atoms with van der Waals surface area (Å²) in [4.78, 5) is 0. The molecule has 0 heterocycles. The van der Waals surface area contributed by atoms with Gasteiger partial charge < -0.3 is 9.53 Å². The van der Waals surface area contributed by atoms with Crippen LogP contribution in [-0.2, 0) is 5.41 Å². The van der Waals surface area contributed by atoms with Gasteiger partial charge in [0.1, 0.15) is 5.75 Å². The Morgan fingerprint density at radius 2 is 1.77 bits per heavy atom. The van der Waals surface area contributed by atoms with Crippen LogP contribution in [0.25, 0.3) is 10.8 Å². The van der Waals surface area contributed by atoms with Crippen LogP contribution in [0.3, 0.4) is 0 Å². The van der Waals surface area contributed by atoms with Gasteiger partial charge in [0.05, 0.1) is 0 Å². The van der Waals surface area contributed by atoms with Crippen LogP contribution in [0.2, 0.25) is 13.1 Å². The molecule has 1 N–H and O–H groups in total. The van der Waals surface area contributed by atoms with E-state index in [0.29, 0.717) is 0 Å². The number of benzene rings is 2. The summed E-state index contributed by atoms with van der Waals surface area (Å²) in [5.41, 5.74) is 1.33. The summed E-state index contributed by atoms with van der Waals surface area (Å²) < 4.78 is 6.30. The van der Waals surface area contributed by atoms with Gasteiger partial charge in [-0.05, 0) is 42.3 Å². The Hall–Kier alpha value is -1.32. The highest BCUT2D eigenvalue weighted by Gasteiger charge is 2.25. The standard InChI is InChI=1S/C19H27O2Si/c1-19(2,13-7-8-14-20)17-12-11-15-9-5-6-10-16(15)18(17)21-22(3)4/h5-6,9-12,20H,7-8,13-14H2,1-4H3. The third-order valence-corrected chi connectivity index (χ3v) is 4.74. The fourth-order valence-electron chi connectivity index (χ4n) is 2.90. The number of hydrogen-bond donors (Lipinski definition) is 1. The van der Waals surface area contributed by atoms with Gasteiger partial charge in [0.2, 0.25) is 0 Å². The van der Waals surface area contributed by atoms with Gasteiger partial charge >= 0.3 is 0 Å². The van der Waals surface area contributed by atoms with Gasteiger partial charge in [-0.3, -0.25) is 0 Å². The lowest BCUT2D eigenvalue weighted by Crippen LogP contribution is -2.21. The molecule has 3 heteroatoms. The van der Waals surface area contributed by atoms with Crippen LogP contribution in [0.1, 0.15) is 38.7 Å². The maximum atomic E-state index is 9.03. The molecule has 0 unspecified atom stereocenters. The molecule has 0 atom stereocenters.